The molecule has 0 radical (unpaired) electrons. The summed E-state index contributed by atoms with van der Waals surface area (Å²) in [6.07, 6.45) is -1.38. The number of halogens is 1. The van der Waals surface area contributed by atoms with Crippen LogP contribution in [0.15, 0.2) is 6.07 Å². The number of aromatic hydroxyl groups is 1. The number of benzene rings is 1. The maximum atomic E-state index is 11.5. The van der Waals surface area contributed by atoms with Gasteiger partial charge in [-0.1, -0.05) is 11.6 Å². The first kappa shape index (κ1) is 13.8. The highest BCUT2D eigenvalue weighted by Crippen LogP contribution is 2.35. The van der Waals surface area contributed by atoms with Crippen molar-refractivity contribution in [3.8, 4) is 5.75 Å². The lowest BCUT2D eigenvalue weighted by molar-refractivity contribution is -0.153. The Bertz CT molecular complexity index is 443. The summed E-state index contributed by atoms with van der Waals surface area (Å²) in [5, 5.41) is 19.5. The third-order valence-electron chi connectivity index (χ3n) is 2.52. The van der Waals surface area contributed by atoms with E-state index >= 15 is 0 Å². The zero-order chi connectivity index (χ0) is 13.2. The minimum Gasteiger partial charge on any atom is -0.506 e. The van der Waals surface area contributed by atoms with E-state index < -0.39 is 12.1 Å². The van der Waals surface area contributed by atoms with E-state index in [2.05, 4.69) is 0 Å². The van der Waals surface area contributed by atoms with Gasteiger partial charge in [0.2, 0.25) is 0 Å². The van der Waals surface area contributed by atoms with Gasteiger partial charge >= 0.3 is 5.97 Å². The van der Waals surface area contributed by atoms with Crippen LogP contribution in [0.5, 0.6) is 5.75 Å². The number of esters is 1. The third kappa shape index (κ3) is 2.70. The van der Waals surface area contributed by atoms with Crippen molar-refractivity contribution in [2.24, 2.45) is 0 Å². The Hall–Kier alpha value is -1.26. The molecule has 1 atom stereocenters. The van der Waals surface area contributed by atoms with E-state index in [1.165, 1.54) is 6.07 Å². The van der Waals surface area contributed by atoms with E-state index in [1.807, 2.05) is 0 Å². The molecule has 1 rings (SSSR count). The van der Waals surface area contributed by atoms with Crippen LogP contribution < -0.4 is 0 Å². The van der Waals surface area contributed by atoms with Crippen molar-refractivity contribution < 1.29 is 19.7 Å². The van der Waals surface area contributed by atoms with Crippen LogP contribution in [0.3, 0.4) is 0 Å². The van der Waals surface area contributed by atoms with Crippen LogP contribution in [0.25, 0.3) is 0 Å². The van der Waals surface area contributed by atoms with Crippen molar-refractivity contribution in [3.05, 3.63) is 27.8 Å². The number of aliphatic hydroxyl groups is 1. The molecule has 0 amide bonds. The Labute approximate surface area is 105 Å². The predicted molar refractivity (Wildman–Crippen MR) is 64.2 cm³/mol. The topological polar surface area (TPSA) is 66.8 Å². The second-order valence-electron chi connectivity index (χ2n) is 3.72. The Balaban J connectivity index is 3.22. The van der Waals surface area contributed by atoms with Gasteiger partial charge in [-0.25, -0.2) is 4.79 Å². The number of phenols is 1. The number of aliphatic hydroxyl groups excluding tert-OH is 1. The largest absolute Gasteiger partial charge is 0.506 e. The number of phenolic OH excluding ortho intramolecular Hbond substituents is 1. The molecule has 0 aliphatic heterocycles. The third-order valence-corrected chi connectivity index (χ3v) is 3.00. The van der Waals surface area contributed by atoms with Crippen LogP contribution in [0, 0.1) is 13.8 Å². The van der Waals surface area contributed by atoms with Crippen molar-refractivity contribution in [2.45, 2.75) is 26.9 Å². The van der Waals surface area contributed by atoms with Crippen molar-refractivity contribution in [2.75, 3.05) is 6.61 Å². The minimum atomic E-state index is -1.38. The van der Waals surface area contributed by atoms with Gasteiger partial charge in [-0.2, -0.15) is 0 Å². The van der Waals surface area contributed by atoms with Crippen LogP contribution in [-0.2, 0) is 9.53 Å². The zero-order valence-electron chi connectivity index (χ0n) is 9.95. The Morgan fingerprint density at radius 2 is 2.12 bits per heavy atom. The summed E-state index contributed by atoms with van der Waals surface area (Å²) < 4.78 is 4.74. The lowest BCUT2D eigenvalue weighted by atomic mass is 9.97. The first-order chi connectivity index (χ1) is 7.90. The molecule has 0 aromatic heterocycles. The molecule has 94 valence electrons. The van der Waals surface area contributed by atoms with E-state index in [-0.39, 0.29) is 17.4 Å². The van der Waals surface area contributed by atoms with Gasteiger partial charge in [-0.15, -0.1) is 0 Å². The smallest absolute Gasteiger partial charge is 0.339 e. The fraction of sp³-hybridized carbons (Fsp3) is 0.417. The molecular weight excluding hydrogens is 244 g/mol. The molecule has 0 aliphatic carbocycles. The lowest BCUT2D eigenvalue weighted by Gasteiger charge is -2.17. The Kier molecular flexibility index (Phi) is 4.37. The molecule has 0 spiro atoms. The summed E-state index contributed by atoms with van der Waals surface area (Å²) in [4.78, 5) is 11.5. The lowest BCUT2D eigenvalue weighted by Crippen LogP contribution is -2.17. The average molecular weight is 259 g/mol. The standard InChI is InChI=1S/C12H15ClO4/c1-4-17-12(16)11(15)9-6(2)5-8(14)10(13)7(9)3/h5,11,14-15H,4H2,1-3H3. The first-order valence-corrected chi connectivity index (χ1v) is 5.61. The van der Waals surface area contributed by atoms with Gasteiger partial charge in [-0.05, 0) is 43.5 Å². The number of ether oxygens (including phenoxy) is 1. The molecule has 1 aromatic carbocycles. The number of carbonyl (C=O) groups excluding carboxylic acids is 1. The van der Waals surface area contributed by atoms with E-state index in [4.69, 9.17) is 16.3 Å². The Morgan fingerprint density at radius 1 is 1.53 bits per heavy atom. The van der Waals surface area contributed by atoms with Crippen molar-refractivity contribution in [3.63, 3.8) is 0 Å². The second-order valence-corrected chi connectivity index (χ2v) is 4.10. The van der Waals surface area contributed by atoms with Crippen molar-refractivity contribution in [1.82, 2.24) is 0 Å². The number of hydrogen-bond acceptors (Lipinski definition) is 4. The number of hydrogen-bond donors (Lipinski definition) is 2. The summed E-state index contributed by atoms with van der Waals surface area (Å²) in [6, 6.07) is 1.41. The van der Waals surface area contributed by atoms with Gasteiger partial charge in [-0.3, -0.25) is 0 Å². The summed E-state index contributed by atoms with van der Waals surface area (Å²) in [5.74, 6) is -0.790. The van der Waals surface area contributed by atoms with E-state index in [0.29, 0.717) is 16.7 Å². The SMILES string of the molecule is CCOC(=O)C(O)c1c(C)cc(O)c(Cl)c1C. The highest BCUT2D eigenvalue weighted by atomic mass is 35.5. The van der Waals surface area contributed by atoms with Crippen molar-refractivity contribution in [1.29, 1.82) is 0 Å². The van der Waals surface area contributed by atoms with E-state index in [0.717, 1.165) is 0 Å². The molecule has 0 fully saturated rings. The molecule has 5 heteroatoms. The molecule has 1 aromatic rings. The van der Waals surface area contributed by atoms with Crippen LogP contribution >= 0.6 is 11.6 Å². The number of carbonyl (C=O) groups is 1. The summed E-state index contributed by atoms with van der Waals surface area (Å²) >= 11 is 5.87. The van der Waals surface area contributed by atoms with Gasteiger partial charge in [0.05, 0.1) is 11.6 Å². The van der Waals surface area contributed by atoms with Gasteiger partial charge in [0, 0.05) is 0 Å². The van der Waals surface area contributed by atoms with E-state index in [1.54, 1.807) is 20.8 Å². The van der Waals surface area contributed by atoms with Gasteiger partial charge in [0.15, 0.2) is 6.10 Å². The van der Waals surface area contributed by atoms with Gasteiger partial charge in [0.25, 0.3) is 0 Å². The van der Waals surface area contributed by atoms with Crippen LogP contribution in [0.1, 0.15) is 29.7 Å². The molecule has 0 saturated heterocycles. The van der Waals surface area contributed by atoms with Gasteiger partial charge in [0.1, 0.15) is 5.75 Å². The molecule has 1 unspecified atom stereocenters. The summed E-state index contributed by atoms with van der Waals surface area (Å²) in [6.45, 7) is 5.17. The van der Waals surface area contributed by atoms with Crippen molar-refractivity contribution >= 4 is 17.6 Å². The fourth-order valence-corrected chi connectivity index (χ4v) is 1.87. The predicted octanol–water partition coefficient (Wildman–Crippen LogP) is 2.26. The van der Waals surface area contributed by atoms with Crippen LogP contribution in [0.2, 0.25) is 5.02 Å². The maximum Gasteiger partial charge on any atom is 0.339 e. The number of rotatable bonds is 3. The van der Waals surface area contributed by atoms with E-state index in [9.17, 15) is 15.0 Å². The summed E-state index contributed by atoms with van der Waals surface area (Å²) in [7, 11) is 0. The average Bonchev–Trinajstić information content (AvgIpc) is 2.26. The quantitative estimate of drug-likeness (QED) is 0.816. The molecule has 4 nitrogen and oxygen atoms in total. The first-order valence-electron chi connectivity index (χ1n) is 5.23. The highest BCUT2D eigenvalue weighted by Gasteiger charge is 2.24. The molecule has 0 bridgehead atoms. The minimum absolute atomic E-state index is 0.0681. The monoisotopic (exact) mass is 258 g/mol. The normalized spacial score (nSPS) is 12.3. The molecule has 0 saturated carbocycles. The summed E-state index contributed by atoms with van der Waals surface area (Å²) in [5.41, 5.74) is 1.45. The zero-order valence-corrected chi connectivity index (χ0v) is 10.7. The highest BCUT2D eigenvalue weighted by molar-refractivity contribution is 6.32. The van der Waals surface area contributed by atoms with Crippen LogP contribution in [-0.4, -0.2) is 22.8 Å². The molecular formula is C12H15ClO4. The molecule has 2 N–H and O–H groups in total. The Morgan fingerprint density at radius 3 is 2.65 bits per heavy atom. The molecule has 17 heavy (non-hydrogen) atoms. The number of aryl methyl sites for hydroxylation is 1. The van der Waals surface area contributed by atoms with Gasteiger partial charge < -0.3 is 14.9 Å². The fourth-order valence-electron chi connectivity index (χ4n) is 1.71. The molecule has 0 heterocycles. The second kappa shape index (κ2) is 5.38. The molecule has 0 aliphatic rings. The maximum absolute atomic E-state index is 11.5. The van der Waals surface area contributed by atoms with Crippen LogP contribution in [0.4, 0.5) is 0 Å².